The van der Waals surface area contributed by atoms with Crippen LogP contribution in [0.4, 0.5) is 5.13 Å². The fourth-order valence-electron chi connectivity index (χ4n) is 3.12. The number of benzene rings is 1. The van der Waals surface area contributed by atoms with Crippen LogP contribution in [0.3, 0.4) is 0 Å². The van der Waals surface area contributed by atoms with Gasteiger partial charge in [-0.15, -0.1) is 17.9 Å². The van der Waals surface area contributed by atoms with Crippen molar-refractivity contribution in [3.8, 4) is 41.0 Å². The van der Waals surface area contributed by atoms with Crippen LogP contribution in [-0.2, 0) is 0 Å². The number of aliphatic hydroxyl groups excluding tert-OH is 1. The molecule has 0 spiro atoms. The van der Waals surface area contributed by atoms with Crippen molar-refractivity contribution in [2.24, 2.45) is 0 Å². The normalized spacial score (nSPS) is 10.8. The van der Waals surface area contributed by atoms with Crippen molar-refractivity contribution in [2.45, 2.75) is 20.3 Å². The first kappa shape index (κ1) is 28.7. The van der Waals surface area contributed by atoms with Crippen LogP contribution in [0.1, 0.15) is 35.0 Å². The molecule has 2 heterocycles. The molecule has 1 amide bonds. The zero-order valence-corrected chi connectivity index (χ0v) is 21.6. The standard InChI is InChI=1S/C25H25N5O4S.C2H2/c1-4-17(15-31)7-5-6-10-34-25-30-29-24(35-25)28-23(32)21-14-27-16(2)11-19(21)20-12-18(13-26)8-9-22(20)33-3;1-2/h4-5,7-9,11-12,14,31H,6,10,15H2,1-3H3,(H,28,29,32);1-2H/b7-5-,17-4+;. The second-order valence-corrected chi connectivity index (χ2v) is 8.23. The number of pyridine rings is 1. The number of aliphatic hydroxyl groups is 1. The number of methoxy groups -OCH3 is 1. The second kappa shape index (κ2) is 14.8. The average molecular weight is 518 g/mol. The highest BCUT2D eigenvalue weighted by atomic mass is 32.1. The first-order chi connectivity index (χ1) is 18.0. The van der Waals surface area contributed by atoms with Crippen molar-refractivity contribution in [1.29, 1.82) is 5.26 Å². The van der Waals surface area contributed by atoms with Crippen molar-refractivity contribution in [2.75, 3.05) is 25.6 Å². The number of nitrogens with zero attached hydrogens (tertiary/aromatic N) is 4. The number of carbonyl (C=O) groups is 1. The number of hydrogen-bond acceptors (Lipinski definition) is 9. The largest absolute Gasteiger partial charge is 0.496 e. The van der Waals surface area contributed by atoms with Crippen LogP contribution in [0.15, 0.2) is 54.3 Å². The lowest BCUT2D eigenvalue weighted by atomic mass is 9.97. The highest BCUT2D eigenvalue weighted by molar-refractivity contribution is 7.17. The molecular formula is C27H27N5O4S. The van der Waals surface area contributed by atoms with E-state index in [0.29, 0.717) is 51.9 Å². The SMILES string of the molecule is C#C.C/C=C(\C=C/CCOc1nnc(NC(=O)c2cnc(C)cc2-c2cc(C#N)ccc2OC)s1)CO. The van der Waals surface area contributed by atoms with Gasteiger partial charge >= 0.3 is 0 Å². The zero-order chi connectivity index (χ0) is 27.2. The number of terminal acetylenes is 1. The highest BCUT2D eigenvalue weighted by Crippen LogP contribution is 2.34. The maximum Gasteiger partial charge on any atom is 0.295 e. The molecule has 190 valence electrons. The third-order valence-corrected chi connectivity index (χ3v) is 5.68. The lowest BCUT2D eigenvalue weighted by molar-refractivity contribution is 0.102. The van der Waals surface area contributed by atoms with E-state index >= 15 is 0 Å². The molecule has 0 atom stereocenters. The minimum atomic E-state index is -0.426. The van der Waals surface area contributed by atoms with Gasteiger partial charge in [-0.3, -0.25) is 15.1 Å². The van der Waals surface area contributed by atoms with E-state index in [1.54, 1.807) is 24.3 Å². The van der Waals surface area contributed by atoms with Gasteiger partial charge in [-0.05, 0) is 61.4 Å². The van der Waals surface area contributed by atoms with Crippen LogP contribution in [0.25, 0.3) is 11.1 Å². The first-order valence-corrected chi connectivity index (χ1v) is 11.9. The van der Waals surface area contributed by atoms with E-state index in [1.165, 1.54) is 13.3 Å². The van der Waals surface area contributed by atoms with Gasteiger partial charge in [0.15, 0.2) is 0 Å². The van der Waals surface area contributed by atoms with Crippen LogP contribution < -0.4 is 14.8 Å². The minimum absolute atomic E-state index is 0.0118. The lowest BCUT2D eigenvalue weighted by Gasteiger charge is -2.13. The number of rotatable bonds is 10. The third kappa shape index (κ3) is 8.00. The van der Waals surface area contributed by atoms with Crippen LogP contribution in [-0.4, -0.2) is 46.5 Å². The van der Waals surface area contributed by atoms with E-state index in [4.69, 9.17) is 14.6 Å². The van der Waals surface area contributed by atoms with Crippen LogP contribution in [0.5, 0.6) is 10.9 Å². The first-order valence-electron chi connectivity index (χ1n) is 11.1. The number of carbonyl (C=O) groups excluding carboxylic acids is 1. The zero-order valence-electron chi connectivity index (χ0n) is 20.8. The fourth-order valence-corrected chi connectivity index (χ4v) is 3.74. The number of anilines is 1. The summed E-state index contributed by atoms with van der Waals surface area (Å²) in [5.41, 5.74) is 3.48. The molecule has 0 fully saturated rings. The van der Waals surface area contributed by atoms with E-state index in [9.17, 15) is 10.1 Å². The van der Waals surface area contributed by atoms with Crippen LogP contribution in [0, 0.1) is 31.1 Å². The van der Waals surface area contributed by atoms with Crippen molar-refractivity contribution in [3.05, 3.63) is 71.1 Å². The lowest BCUT2D eigenvalue weighted by Crippen LogP contribution is -2.14. The molecule has 3 aromatic rings. The monoisotopic (exact) mass is 517 g/mol. The Labute approximate surface area is 220 Å². The van der Waals surface area contributed by atoms with Crippen molar-refractivity contribution >= 4 is 22.4 Å². The molecule has 0 aliphatic rings. The Hall–Kier alpha value is -4.51. The van der Waals surface area contributed by atoms with E-state index < -0.39 is 5.91 Å². The summed E-state index contributed by atoms with van der Waals surface area (Å²) in [4.78, 5) is 17.4. The molecule has 0 saturated carbocycles. The molecule has 3 rings (SSSR count). The van der Waals surface area contributed by atoms with Gasteiger partial charge in [-0.1, -0.05) is 23.3 Å². The Morgan fingerprint density at radius 2 is 2.05 bits per heavy atom. The summed E-state index contributed by atoms with van der Waals surface area (Å²) in [6.07, 6.45) is 15.7. The Morgan fingerprint density at radius 3 is 2.73 bits per heavy atom. The fraction of sp³-hybridized carbons (Fsp3) is 0.222. The van der Waals surface area contributed by atoms with Gasteiger partial charge in [-0.25, -0.2) is 0 Å². The highest BCUT2D eigenvalue weighted by Gasteiger charge is 2.19. The summed E-state index contributed by atoms with van der Waals surface area (Å²) >= 11 is 1.11. The van der Waals surface area contributed by atoms with Crippen LogP contribution >= 0.6 is 11.3 Å². The minimum Gasteiger partial charge on any atom is -0.496 e. The average Bonchev–Trinajstić information content (AvgIpc) is 3.38. The molecule has 1 aromatic carbocycles. The van der Waals surface area contributed by atoms with Crippen LogP contribution in [0.2, 0.25) is 0 Å². The van der Waals surface area contributed by atoms with Gasteiger partial charge in [-0.2, -0.15) is 5.26 Å². The van der Waals surface area contributed by atoms with Gasteiger partial charge in [0, 0.05) is 23.0 Å². The number of ether oxygens (including phenoxy) is 2. The molecule has 2 aromatic heterocycles. The molecule has 10 heteroatoms. The smallest absolute Gasteiger partial charge is 0.295 e. The predicted molar refractivity (Wildman–Crippen MR) is 144 cm³/mol. The van der Waals surface area contributed by atoms with Gasteiger partial charge < -0.3 is 14.6 Å². The number of nitriles is 1. The van der Waals surface area contributed by atoms with Gasteiger partial charge in [0.2, 0.25) is 5.13 Å². The summed E-state index contributed by atoms with van der Waals surface area (Å²) < 4.78 is 11.0. The summed E-state index contributed by atoms with van der Waals surface area (Å²) in [5.74, 6) is 0.107. The van der Waals surface area contributed by atoms with E-state index in [0.717, 1.165) is 16.9 Å². The molecule has 0 radical (unpaired) electrons. The quantitative estimate of drug-likeness (QED) is 0.227. The molecule has 0 unspecified atom stereocenters. The number of amides is 1. The molecule has 0 bridgehead atoms. The molecule has 0 saturated heterocycles. The third-order valence-electron chi connectivity index (χ3n) is 4.93. The van der Waals surface area contributed by atoms with Crippen molar-refractivity contribution < 1.29 is 19.4 Å². The van der Waals surface area contributed by atoms with E-state index in [2.05, 4.69) is 39.4 Å². The Morgan fingerprint density at radius 1 is 1.27 bits per heavy atom. The Balaban J connectivity index is 0.00000235. The Kier molecular flexibility index (Phi) is 11.5. The van der Waals surface area contributed by atoms with E-state index in [1.807, 2.05) is 32.1 Å². The van der Waals surface area contributed by atoms with Gasteiger partial charge in [0.05, 0.1) is 37.5 Å². The topological polar surface area (TPSA) is 130 Å². The number of aryl methyl sites for hydroxylation is 1. The maximum atomic E-state index is 13.1. The molecule has 0 aliphatic carbocycles. The molecular weight excluding hydrogens is 490 g/mol. The maximum absolute atomic E-state index is 13.1. The van der Waals surface area contributed by atoms with Crippen molar-refractivity contribution in [3.63, 3.8) is 0 Å². The molecule has 0 aliphatic heterocycles. The molecule has 2 N–H and O–H groups in total. The summed E-state index contributed by atoms with van der Waals surface area (Å²) in [6, 6.07) is 8.90. The van der Waals surface area contributed by atoms with E-state index in [-0.39, 0.29) is 11.7 Å². The second-order valence-electron chi connectivity index (χ2n) is 7.29. The van der Waals surface area contributed by atoms with Gasteiger partial charge in [0.1, 0.15) is 5.75 Å². The number of allylic oxidation sites excluding steroid dienone is 1. The number of aromatic nitrogens is 3. The molecule has 9 nitrogen and oxygen atoms in total. The summed E-state index contributed by atoms with van der Waals surface area (Å²) in [5, 5.41) is 29.7. The molecule has 37 heavy (non-hydrogen) atoms. The van der Waals surface area contributed by atoms with Gasteiger partial charge in [0.25, 0.3) is 11.1 Å². The summed E-state index contributed by atoms with van der Waals surface area (Å²) in [7, 11) is 1.53. The Bertz CT molecular complexity index is 1340. The summed E-state index contributed by atoms with van der Waals surface area (Å²) in [6.45, 7) is 4.04. The number of hydrogen-bond donors (Lipinski definition) is 2. The number of nitrogens with one attached hydrogen (secondary N) is 1. The predicted octanol–water partition coefficient (Wildman–Crippen LogP) is 4.55. The van der Waals surface area contributed by atoms with Crippen molar-refractivity contribution in [1.82, 2.24) is 15.2 Å².